The van der Waals surface area contributed by atoms with Gasteiger partial charge in [0.15, 0.2) is 12.4 Å². The number of carbonyl (C=O) groups excluding carboxylic acids is 2. The minimum absolute atomic E-state index is 0.163. The number of aliphatic hydroxyl groups excluding tert-OH is 3. The number of hydrogen-bond acceptors (Lipinski definition) is 11. The Hall–Kier alpha value is -1.83. The van der Waals surface area contributed by atoms with Gasteiger partial charge in [-0.25, -0.2) is 0 Å². The van der Waals surface area contributed by atoms with Crippen molar-refractivity contribution in [2.75, 3.05) is 19.0 Å². The molecule has 0 bridgehead atoms. The maximum atomic E-state index is 12.7. The molecular formula is C41H74O12S. The van der Waals surface area contributed by atoms with E-state index in [-0.39, 0.29) is 19.4 Å². The van der Waals surface area contributed by atoms with E-state index in [0.717, 1.165) is 57.8 Å². The van der Waals surface area contributed by atoms with Gasteiger partial charge in [0, 0.05) is 12.8 Å². The van der Waals surface area contributed by atoms with Crippen LogP contribution in [-0.4, -0.2) is 96.0 Å². The van der Waals surface area contributed by atoms with Crippen LogP contribution in [0.4, 0.5) is 0 Å². The third-order valence-corrected chi connectivity index (χ3v) is 10.4. The van der Waals surface area contributed by atoms with Crippen LogP contribution < -0.4 is 0 Å². The molecule has 1 aliphatic heterocycles. The monoisotopic (exact) mass is 790 g/mol. The van der Waals surface area contributed by atoms with Crippen molar-refractivity contribution < 1.29 is 56.8 Å². The van der Waals surface area contributed by atoms with Crippen molar-refractivity contribution in [3.05, 3.63) is 17.9 Å². The Bertz CT molecular complexity index is 1120. The van der Waals surface area contributed by atoms with Crippen molar-refractivity contribution in [1.82, 2.24) is 0 Å². The van der Waals surface area contributed by atoms with Crippen molar-refractivity contribution in [1.29, 1.82) is 0 Å². The zero-order valence-electron chi connectivity index (χ0n) is 33.4. The number of carbonyl (C=O) groups is 2. The zero-order chi connectivity index (χ0) is 39.9. The van der Waals surface area contributed by atoms with E-state index in [4.69, 9.17) is 18.9 Å². The summed E-state index contributed by atoms with van der Waals surface area (Å²) < 4.78 is 53.9. The summed E-state index contributed by atoms with van der Waals surface area (Å²) in [6.07, 6.45) is 20.5. The maximum Gasteiger partial charge on any atom is 0.306 e. The molecule has 316 valence electrons. The highest BCUT2D eigenvalue weighted by molar-refractivity contribution is 7.85. The van der Waals surface area contributed by atoms with Gasteiger partial charge in [-0.3, -0.25) is 14.1 Å². The molecule has 0 radical (unpaired) electrons. The smallest absolute Gasteiger partial charge is 0.306 e. The fraction of sp³-hybridized carbons (Fsp3) is 0.878. The predicted octanol–water partition coefficient (Wildman–Crippen LogP) is 7.66. The number of aliphatic hydroxyl groups is 3. The van der Waals surface area contributed by atoms with E-state index in [0.29, 0.717) is 12.8 Å². The van der Waals surface area contributed by atoms with Crippen LogP contribution >= 0.6 is 0 Å². The van der Waals surface area contributed by atoms with Gasteiger partial charge in [0.25, 0.3) is 10.1 Å². The molecule has 1 aliphatic rings. The van der Waals surface area contributed by atoms with Crippen LogP contribution in [0.25, 0.3) is 0 Å². The molecule has 0 aromatic carbocycles. The lowest BCUT2D eigenvalue weighted by Crippen LogP contribution is -2.60. The molecule has 0 aliphatic carbocycles. The van der Waals surface area contributed by atoms with Gasteiger partial charge in [-0.15, -0.1) is 5.73 Å². The number of esters is 2. The highest BCUT2D eigenvalue weighted by atomic mass is 32.2. The average Bonchev–Trinajstić information content (AvgIpc) is 3.13. The fourth-order valence-corrected chi connectivity index (χ4v) is 6.99. The van der Waals surface area contributed by atoms with Crippen LogP contribution in [-0.2, 0) is 38.7 Å². The third kappa shape index (κ3) is 26.9. The predicted molar refractivity (Wildman–Crippen MR) is 209 cm³/mol. The summed E-state index contributed by atoms with van der Waals surface area (Å²) in [5.41, 5.74) is 3.28. The van der Waals surface area contributed by atoms with E-state index in [2.05, 4.69) is 31.7 Å². The molecule has 0 aromatic rings. The van der Waals surface area contributed by atoms with Crippen molar-refractivity contribution >= 4 is 22.1 Å². The minimum Gasteiger partial charge on any atom is -0.462 e. The Balaban J connectivity index is 2.50. The first-order valence-corrected chi connectivity index (χ1v) is 22.6. The lowest BCUT2D eigenvalue weighted by Gasteiger charge is -2.40. The second-order valence-electron chi connectivity index (χ2n) is 14.8. The first-order chi connectivity index (χ1) is 26.0. The first kappa shape index (κ1) is 50.2. The van der Waals surface area contributed by atoms with Gasteiger partial charge < -0.3 is 34.3 Å². The zero-order valence-corrected chi connectivity index (χ0v) is 34.2. The molecule has 0 amide bonds. The van der Waals surface area contributed by atoms with Gasteiger partial charge in [0.2, 0.25) is 0 Å². The minimum atomic E-state index is -4.60. The molecule has 1 heterocycles. The quantitative estimate of drug-likeness (QED) is 0.0216. The first-order valence-electron chi connectivity index (χ1n) is 21.0. The van der Waals surface area contributed by atoms with Gasteiger partial charge in [-0.1, -0.05) is 123 Å². The molecule has 1 saturated heterocycles. The summed E-state index contributed by atoms with van der Waals surface area (Å²) in [7, 11) is -4.60. The highest BCUT2D eigenvalue weighted by Crippen LogP contribution is 2.24. The molecule has 2 unspecified atom stereocenters. The summed E-state index contributed by atoms with van der Waals surface area (Å²) in [6, 6.07) is 0. The molecule has 13 heteroatoms. The van der Waals surface area contributed by atoms with E-state index >= 15 is 0 Å². The van der Waals surface area contributed by atoms with Crippen molar-refractivity contribution in [2.24, 2.45) is 0 Å². The van der Waals surface area contributed by atoms with Crippen molar-refractivity contribution in [3.8, 4) is 0 Å². The van der Waals surface area contributed by atoms with Gasteiger partial charge >= 0.3 is 11.9 Å². The molecule has 0 spiro atoms. The number of hydrogen-bond donors (Lipinski definition) is 4. The standard InChI is InChI=1S/C41H74O12S/c1-3-5-7-9-11-13-15-16-17-18-20-21-23-25-27-29-36(42)50-31-34(52-37(43)30-28-26-24-22-19-14-12-10-8-6-4-2)32-51-41-40(46)39(45)38(44)35(53-41)33-54(47,48)49/h15,17,34-35,38-41,44-46H,3-14,18-33H2,1-2H3,(H,47,48,49)/t16?,34-,35-,38-,39?,40?,41+/m1/s1. The molecule has 12 nitrogen and oxygen atoms in total. The van der Waals surface area contributed by atoms with Crippen LogP contribution in [0.2, 0.25) is 0 Å². The number of rotatable bonds is 34. The molecular weight excluding hydrogens is 717 g/mol. The van der Waals surface area contributed by atoms with Crippen LogP contribution in [0.1, 0.15) is 174 Å². The molecule has 1 fully saturated rings. The lowest BCUT2D eigenvalue weighted by atomic mass is 10.00. The summed E-state index contributed by atoms with van der Waals surface area (Å²) in [5, 5.41) is 30.8. The normalized spacial score (nSPS) is 20.6. The maximum absolute atomic E-state index is 12.7. The van der Waals surface area contributed by atoms with E-state index in [1.54, 1.807) is 0 Å². The molecule has 1 rings (SSSR count). The third-order valence-electron chi connectivity index (χ3n) is 9.62. The molecule has 54 heavy (non-hydrogen) atoms. The molecule has 0 aromatic heterocycles. The van der Waals surface area contributed by atoms with E-state index < -0.39 is 71.2 Å². The Morgan fingerprint density at radius 1 is 0.648 bits per heavy atom. The fourth-order valence-electron chi connectivity index (χ4n) is 6.30. The summed E-state index contributed by atoms with van der Waals surface area (Å²) in [5.74, 6) is -2.00. The Kier molecular flexibility index (Phi) is 30.0. The Morgan fingerprint density at radius 2 is 1.11 bits per heavy atom. The summed E-state index contributed by atoms with van der Waals surface area (Å²) in [6.45, 7) is 3.70. The molecule has 4 N–H and O–H groups in total. The molecule has 6 atom stereocenters. The number of allylic oxidation sites excluding steroid dienone is 1. The van der Waals surface area contributed by atoms with Crippen LogP contribution in [0.15, 0.2) is 17.9 Å². The van der Waals surface area contributed by atoms with Crippen LogP contribution in [0, 0.1) is 0 Å². The Labute approximate surface area is 326 Å². The van der Waals surface area contributed by atoms with E-state index in [1.165, 1.54) is 77.0 Å². The summed E-state index contributed by atoms with van der Waals surface area (Å²) in [4.78, 5) is 25.3. The number of ether oxygens (including phenoxy) is 4. The van der Waals surface area contributed by atoms with Gasteiger partial charge in [-0.2, -0.15) is 8.42 Å². The Morgan fingerprint density at radius 3 is 1.61 bits per heavy atom. The molecule has 0 saturated carbocycles. The van der Waals surface area contributed by atoms with Gasteiger partial charge in [0.05, 0.1) is 6.61 Å². The topological polar surface area (TPSA) is 186 Å². The second-order valence-corrected chi connectivity index (χ2v) is 16.3. The second kappa shape index (κ2) is 32.3. The van der Waals surface area contributed by atoms with Crippen molar-refractivity contribution in [3.63, 3.8) is 0 Å². The van der Waals surface area contributed by atoms with E-state index in [9.17, 15) is 37.9 Å². The van der Waals surface area contributed by atoms with Gasteiger partial charge in [0.1, 0.15) is 36.8 Å². The largest absolute Gasteiger partial charge is 0.462 e. The SMILES string of the molecule is CCCCCCCC=C=CCCCCCCCC(=O)OC[C@H](CO[C@H]1O[C@H](CS(=O)(=O)O)[C@@H](O)C(O)C1O)OC(=O)CCCCCCCCCCCCC. The lowest BCUT2D eigenvalue weighted by molar-refractivity contribution is -0.297. The average molecular weight is 791 g/mol. The van der Waals surface area contributed by atoms with Gasteiger partial charge in [-0.05, 0) is 50.7 Å². The van der Waals surface area contributed by atoms with E-state index in [1.807, 2.05) is 0 Å². The van der Waals surface area contributed by atoms with Crippen LogP contribution in [0.3, 0.4) is 0 Å². The number of unbranched alkanes of at least 4 members (excludes halogenated alkanes) is 20. The van der Waals surface area contributed by atoms with Crippen molar-refractivity contribution in [2.45, 2.75) is 211 Å². The van der Waals surface area contributed by atoms with Crippen LogP contribution in [0.5, 0.6) is 0 Å². The summed E-state index contributed by atoms with van der Waals surface area (Å²) >= 11 is 0. The highest BCUT2D eigenvalue weighted by Gasteiger charge is 2.46.